The molecule has 1 nitrogen and oxygen atoms in total. The predicted octanol–water partition coefficient (Wildman–Crippen LogP) is 2.89. The molecule has 1 rings (SSSR count). The van der Waals surface area contributed by atoms with Crippen molar-refractivity contribution >= 4 is 15.9 Å². The molecule has 0 aliphatic carbocycles. The summed E-state index contributed by atoms with van der Waals surface area (Å²) >= 11 is 3.46. The van der Waals surface area contributed by atoms with Gasteiger partial charge in [-0.2, -0.15) is 0 Å². The molecule has 1 aromatic carbocycles. The molecule has 0 saturated heterocycles. The maximum absolute atomic E-state index is 9.53. The summed E-state index contributed by atoms with van der Waals surface area (Å²) in [5.74, 6) is 0. The third-order valence-corrected chi connectivity index (χ3v) is 3.01. The lowest BCUT2D eigenvalue weighted by Crippen LogP contribution is -2.11. The average molecular weight is 229 g/mol. The molecule has 2 atom stereocenters. The summed E-state index contributed by atoms with van der Waals surface area (Å²) in [6.07, 6.45) is 0.470. The molecule has 0 spiro atoms. The molecule has 0 amide bonds. The number of benzene rings is 1. The van der Waals surface area contributed by atoms with E-state index in [4.69, 9.17) is 0 Å². The fourth-order valence-corrected chi connectivity index (χ4v) is 1.75. The van der Waals surface area contributed by atoms with Gasteiger partial charge in [-0.25, -0.2) is 0 Å². The number of hydrogen-bond acceptors (Lipinski definition) is 1. The molecule has 0 aliphatic heterocycles. The van der Waals surface area contributed by atoms with Gasteiger partial charge in [0.25, 0.3) is 0 Å². The highest BCUT2D eigenvalue weighted by Gasteiger charge is 2.14. The molecule has 0 saturated carbocycles. The average Bonchev–Trinajstić information content (AvgIpc) is 2.17. The third kappa shape index (κ3) is 2.32. The van der Waals surface area contributed by atoms with Crippen LogP contribution in [-0.2, 0) is 0 Å². The van der Waals surface area contributed by atoms with Gasteiger partial charge in [0.05, 0.1) is 10.9 Å². The van der Waals surface area contributed by atoms with Crippen molar-refractivity contribution in [2.24, 2.45) is 0 Å². The van der Waals surface area contributed by atoms with Crippen molar-refractivity contribution in [3.8, 4) is 0 Å². The first-order chi connectivity index (χ1) is 5.75. The smallest absolute Gasteiger partial charge is 0.0703 e. The van der Waals surface area contributed by atoms with Crippen LogP contribution in [0.25, 0.3) is 0 Å². The highest BCUT2D eigenvalue weighted by molar-refractivity contribution is 9.09. The molecule has 12 heavy (non-hydrogen) atoms. The molecule has 2 heteroatoms. The summed E-state index contributed by atoms with van der Waals surface area (Å²) in [7, 11) is 0. The molecule has 0 fully saturated rings. The minimum Gasteiger partial charge on any atom is -0.392 e. The summed E-state index contributed by atoms with van der Waals surface area (Å²) in [5.41, 5.74) is 1.13. The van der Waals surface area contributed by atoms with Gasteiger partial charge < -0.3 is 5.11 Å². The Bertz CT molecular complexity index is 223. The molecule has 66 valence electrons. The van der Waals surface area contributed by atoms with E-state index in [2.05, 4.69) is 15.9 Å². The van der Waals surface area contributed by atoms with Crippen LogP contribution >= 0.6 is 15.9 Å². The lowest BCUT2D eigenvalue weighted by Gasteiger charge is -2.15. The van der Waals surface area contributed by atoms with Gasteiger partial charge in [-0.15, -0.1) is 0 Å². The first-order valence-corrected chi connectivity index (χ1v) is 5.04. The van der Waals surface area contributed by atoms with E-state index < -0.39 is 0 Å². The van der Waals surface area contributed by atoms with E-state index in [0.29, 0.717) is 0 Å². The van der Waals surface area contributed by atoms with Crippen molar-refractivity contribution in [1.82, 2.24) is 0 Å². The lowest BCUT2D eigenvalue weighted by atomic mass is 10.1. The maximum Gasteiger partial charge on any atom is 0.0703 e. The normalized spacial score (nSPS) is 15.6. The van der Waals surface area contributed by atoms with E-state index >= 15 is 0 Å². The Labute approximate surface area is 81.6 Å². The van der Waals surface area contributed by atoms with E-state index in [0.717, 1.165) is 12.0 Å². The van der Waals surface area contributed by atoms with E-state index in [9.17, 15) is 5.11 Å². The van der Waals surface area contributed by atoms with Crippen molar-refractivity contribution in [3.63, 3.8) is 0 Å². The Kier molecular flexibility index (Phi) is 3.76. The summed E-state index contributed by atoms with van der Waals surface area (Å²) in [4.78, 5) is 0.0590. The van der Waals surface area contributed by atoms with Crippen molar-refractivity contribution in [1.29, 1.82) is 0 Å². The quantitative estimate of drug-likeness (QED) is 0.790. The van der Waals surface area contributed by atoms with Crippen LogP contribution in [0, 0.1) is 0 Å². The number of hydrogen-bond donors (Lipinski definition) is 1. The monoisotopic (exact) mass is 228 g/mol. The van der Waals surface area contributed by atoms with Crippen LogP contribution in [-0.4, -0.2) is 11.2 Å². The van der Waals surface area contributed by atoms with Gasteiger partial charge in [0.15, 0.2) is 0 Å². The maximum atomic E-state index is 9.53. The van der Waals surface area contributed by atoms with Gasteiger partial charge >= 0.3 is 0 Å². The fourth-order valence-electron chi connectivity index (χ4n) is 1.07. The van der Waals surface area contributed by atoms with Gasteiger partial charge in [-0.05, 0) is 12.0 Å². The van der Waals surface area contributed by atoms with Gasteiger partial charge in [0.2, 0.25) is 0 Å². The SMILES string of the molecule is CCC(O)C(Br)c1ccccc1. The third-order valence-electron chi connectivity index (χ3n) is 1.87. The molecule has 0 bridgehead atoms. The highest BCUT2D eigenvalue weighted by atomic mass is 79.9. The number of aliphatic hydroxyl groups excluding tert-OH is 1. The standard InChI is InChI=1S/C10H13BrO/c1-2-9(12)10(11)8-6-4-3-5-7-8/h3-7,9-10,12H,2H2,1H3. The van der Waals surface area contributed by atoms with Crippen molar-refractivity contribution in [2.45, 2.75) is 24.3 Å². The molecule has 1 aromatic rings. The van der Waals surface area contributed by atoms with Crippen LogP contribution in [0.5, 0.6) is 0 Å². The van der Waals surface area contributed by atoms with E-state index in [-0.39, 0.29) is 10.9 Å². The second-order valence-corrected chi connectivity index (χ2v) is 3.77. The number of halogens is 1. The van der Waals surface area contributed by atoms with Gasteiger partial charge in [-0.1, -0.05) is 53.2 Å². The molecule has 0 heterocycles. The Morgan fingerprint density at radius 2 is 1.92 bits per heavy atom. The molecule has 0 aromatic heterocycles. The minimum absolute atomic E-state index is 0.0590. The number of aliphatic hydroxyl groups is 1. The largest absolute Gasteiger partial charge is 0.392 e. The second-order valence-electron chi connectivity index (χ2n) is 2.79. The summed E-state index contributed by atoms with van der Waals surface area (Å²) < 4.78 is 0. The summed E-state index contributed by atoms with van der Waals surface area (Å²) in [6.45, 7) is 1.97. The first-order valence-electron chi connectivity index (χ1n) is 4.12. The van der Waals surface area contributed by atoms with Crippen molar-refractivity contribution < 1.29 is 5.11 Å². The van der Waals surface area contributed by atoms with Crippen LogP contribution in [0.4, 0.5) is 0 Å². The predicted molar refractivity (Wildman–Crippen MR) is 54.4 cm³/mol. The van der Waals surface area contributed by atoms with Crippen LogP contribution in [0.1, 0.15) is 23.7 Å². The number of alkyl halides is 1. The zero-order valence-electron chi connectivity index (χ0n) is 7.07. The Morgan fingerprint density at radius 1 is 1.33 bits per heavy atom. The van der Waals surface area contributed by atoms with E-state index in [1.54, 1.807) is 0 Å². The fraction of sp³-hybridized carbons (Fsp3) is 0.400. The van der Waals surface area contributed by atoms with Gasteiger partial charge in [0.1, 0.15) is 0 Å². The second kappa shape index (κ2) is 4.63. The Morgan fingerprint density at radius 3 is 2.42 bits per heavy atom. The Balaban J connectivity index is 2.71. The highest BCUT2D eigenvalue weighted by Crippen LogP contribution is 2.27. The van der Waals surface area contributed by atoms with Crippen LogP contribution in [0.3, 0.4) is 0 Å². The molecular formula is C10H13BrO. The molecule has 0 aliphatic rings. The summed E-state index contributed by atoms with van der Waals surface area (Å²) in [6, 6.07) is 9.95. The van der Waals surface area contributed by atoms with Crippen molar-refractivity contribution in [3.05, 3.63) is 35.9 Å². The zero-order chi connectivity index (χ0) is 8.97. The zero-order valence-corrected chi connectivity index (χ0v) is 8.66. The molecule has 1 N–H and O–H groups in total. The molecular weight excluding hydrogens is 216 g/mol. The van der Waals surface area contributed by atoms with Crippen LogP contribution in [0.15, 0.2) is 30.3 Å². The lowest BCUT2D eigenvalue weighted by molar-refractivity contribution is 0.169. The molecule has 2 unspecified atom stereocenters. The van der Waals surface area contributed by atoms with E-state index in [1.807, 2.05) is 37.3 Å². The topological polar surface area (TPSA) is 20.2 Å². The minimum atomic E-state index is -0.299. The van der Waals surface area contributed by atoms with Crippen LogP contribution in [0.2, 0.25) is 0 Å². The van der Waals surface area contributed by atoms with Gasteiger partial charge in [-0.3, -0.25) is 0 Å². The van der Waals surface area contributed by atoms with Gasteiger partial charge in [0, 0.05) is 0 Å². The van der Waals surface area contributed by atoms with E-state index in [1.165, 1.54) is 0 Å². The Hall–Kier alpha value is -0.340. The first kappa shape index (κ1) is 9.75. The summed E-state index contributed by atoms with van der Waals surface area (Å²) in [5, 5.41) is 9.53. The van der Waals surface area contributed by atoms with Crippen LogP contribution < -0.4 is 0 Å². The van der Waals surface area contributed by atoms with Crippen molar-refractivity contribution in [2.75, 3.05) is 0 Å². The number of rotatable bonds is 3. The molecule has 0 radical (unpaired) electrons.